The lowest BCUT2D eigenvalue weighted by Crippen LogP contribution is -2.14. The molecular formula is C14H13Cl2N3OS. The van der Waals surface area contributed by atoms with Gasteiger partial charge in [-0.1, -0.05) is 23.2 Å². The molecule has 0 aliphatic rings. The molecule has 0 saturated carbocycles. The van der Waals surface area contributed by atoms with Crippen LogP contribution in [-0.2, 0) is 4.79 Å². The zero-order valence-electron chi connectivity index (χ0n) is 11.0. The first-order chi connectivity index (χ1) is 10.1. The van der Waals surface area contributed by atoms with Crippen LogP contribution in [0.15, 0.2) is 41.6 Å². The van der Waals surface area contributed by atoms with E-state index >= 15 is 0 Å². The third-order valence-electron chi connectivity index (χ3n) is 2.60. The Bertz CT molecular complexity index is 614. The predicted octanol–water partition coefficient (Wildman–Crippen LogP) is 4.09. The molecule has 7 heteroatoms. The SMILES string of the molecule is Nc1cc(Cl)cc(Cl)c1NC(=O)CCSc1ccncc1. The topological polar surface area (TPSA) is 68.0 Å². The number of amides is 1. The number of hydrogen-bond donors (Lipinski definition) is 2. The molecule has 0 spiro atoms. The van der Waals surface area contributed by atoms with Gasteiger partial charge in [-0.3, -0.25) is 9.78 Å². The lowest BCUT2D eigenvalue weighted by molar-refractivity contribution is -0.115. The summed E-state index contributed by atoms with van der Waals surface area (Å²) in [5.41, 5.74) is 6.55. The van der Waals surface area contributed by atoms with E-state index in [1.54, 1.807) is 36.3 Å². The van der Waals surface area contributed by atoms with E-state index in [2.05, 4.69) is 10.3 Å². The van der Waals surface area contributed by atoms with Gasteiger partial charge in [0.15, 0.2) is 0 Å². The van der Waals surface area contributed by atoms with Crippen LogP contribution in [0, 0.1) is 0 Å². The Balaban J connectivity index is 1.88. The Morgan fingerprint density at radius 1 is 1.29 bits per heavy atom. The van der Waals surface area contributed by atoms with Gasteiger partial charge in [0, 0.05) is 34.5 Å². The summed E-state index contributed by atoms with van der Waals surface area (Å²) in [6, 6.07) is 6.89. The number of nitrogens with one attached hydrogen (secondary N) is 1. The first-order valence-corrected chi connectivity index (χ1v) is 7.87. The molecular weight excluding hydrogens is 329 g/mol. The fourth-order valence-corrected chi connectivity index (χ4v) is 3.02. The number of anilines is 2. The van der Waals surface area contributed by atoms with Crippen molar-refractivity contribution >= 4 is 52.2 Å². The van der Waals surface area contributed by atoms with Crippen LogP contribution in [0.4, 0.5) is 11.4 Å². The highest BCUT2D eigenvalue weighted by Crippen LogP contribution is 2.32. The lowest BCUT2D eigenvalue weighted by atomic mass is 10.2. The Morgan fingerprint density at radius 2 is 2.00 bits per heavy atom. The number of hydrogen-bond acceptors (Lipinski definition) is 4. The Kier molecular flexibility index (Phi) is 5.73. The summed E-state index contributed by atoms with van der Waals surface area (Å²) >= 11 is 13.4. The van der Waals surface area contributed by atoms with Crippen molar-refractivity contribution in [3.8, 4) is 0 Å². The minimum atomic E-state index is -0.146. The molecule has 0 atom stereocenters. The molecule has 21 heavy (non-hydrogen) atoms. The highest BCUT2D eigenvalue weighted by Gasteiger charge is 2.10. The van der Waals surface area contributed by atoms with Gasteiger partial charge >= 0.3 is 0 Å². The zero-order valence-corrected chi connectivity index (χ0v) is 13.3. The molecule has 2 rings (SSSR count). The van der Waals surface area contributed by atoms with Gasteiger partial charge in [0.05, 0.1) is 16.4 Å². The average Bonchev–Trinajstić information content (AvgIpc) is 2.44. The minimum Gasteiger partial charge on any atom is -0.397 e. The van der Waals surface area contributed by atoms with Crippen LogP contribution >= 0.6 is 35.0 Å². The zero-order chi connectivity index (χ0) is 15.2. The Hall–Kier alpha value is -1.43. The largest absolute Gasteiger partial charge is 0.397 e. The molecule has 1 amide bonds. The number of halogens is 2. The number of pyridine rings is 1. The van der Waals surface area contributed by atoms with Gasteiger partial charge in [0.1, 0.15) is 0 Å². The summed E-state index contributed by atoms with van der Waals surface area (Å²) in [5, 5.41) is 3.47. The van der Waals surface area contributed by atoms with Crippen molar-refractivity contribution in [2.45, 2.75) is 11.3 Å². The standard InChI is InChI=1S/C14H13Cl2N3OS/c15-9-7-11(16)14(12(17)8-9)19-13(20)3-6-21-10-1-4-18-5-2-10/h1-2,4-5,7-8H,3,6,17H2,(H,19,20). The monoisotopic (exact) mass is 341 g/mol. The second kappa shape index (κ2) is 7.54. The van der Waals surface area contributed by atoms with Gasteiger partial charge in [-0.05, 0) is 24.3 Å². The van der Waals surface area contributed by atoms with Crippen LogP contribution in [0.25, 0.3) is 0 Å². The third kappa shape index (κ3) is 4.81. The second-order valence-corrected chi connectivity index (χ2v) is 6.19. The average molecular weight is 342 g/mol. The van der Waals surface area contributed by atoms with E-state index in [0.29, 0.717) is 33.6 Å². The predicted molar refractivity (Wildman–Crippen MR) is 89.1 cm³/mol. The Labute approximate surface area is 137 Å². The van der Waals surface area contributed by atoms with E-state index in [0.717, 1.165) is 4.90 Å². The summed E-state index contributed by atoms with van der Waals surface area (Å²) in [6.45, 7) is 0. The quantitative estimate of drug-likeness (QED) is 0.634. The first-order valence-electron chi connectivity index (χ1n) is 6.13. The van der Waals surface area contributed by atoms with Gasteiger partial charge < -0.3 is 11.1 Å². The van der Waals surface area contributed by atoms with Crippen LogP contribution in [0.2, 0.25) is 10.0 Å². The van der Waals surface area contributed by atoms with E-state index in [-0.39, 0.29) is 5.91 Å². The van der Waals surface area contributed by atoms with Gasteiger partial charge in [0.25, 0.3) is 0 Å². The molecule has 1 heterocycles. The van der Waals surface area contributed by atoms with Crippen LogP contribution < -0.4 is 11.1 Å². The van der Waals surface area contributed by atoms with Crippen molar-refractivity contribution in [3.63, 3.8) is 0 Å². The van der Waals surface area contributed by atoms with Gasteiger partial charge in [-0.25, -0.2) is 0 Å². The summed E-state index contributed by atoms with van der Waals surface area (Å²) < 4.78 is 0. The summed E-state index contributed by atoms with van der Waals surface area (Å²) in [7, 11) is 0. The molecule has 2 aromatic rings. The van der Waals surface area contributed by atoms with Gasteiger partial charge in [-0.15, -0.1) is 11.8 Å². The molecule has 4 nitrogen and oxygen atoms in total. The normalized spacial score (nSPS) is 10.4. The number of rotatable bonds is 5. The second-order valence-electron chi connectivity index (χ2n) is 4.18. The molecule has 0 unspecified atom stereocenters. The molecule has 0 radical (unpaired) electrons. The number of aromatic nitrogens is 1. The molecule has 0 fully saturated rings. The van der Waals surface area contributed by atoms with E-state index in [4.69, 9.17) is 28.9 Å². The molecule has 0 aliphatic carbocycles. The van der Waals surface area contributed by atoms with E-state index in [1.165, 1.54) is 0 Å². The van der Waals surface area contributed by atoms with Crippen LogP contribution in [0.5, 0.6) is 0 Å². The molecule has 110 valence electrons. The van der Waals surface area contributed by atoms with Crippen LogP contribution in [0.3, 0.4) is 0 Å². The number of nitrogens with two attached hydrogens (primary N) is 1. The van der Waals surface area contributed by atoms with Crippen molar-refractivity contribution in [1.82, 2.24) is 4.98 Å². The molecule has 1 aromatic heterocycles. The third-order valence-corrected chi connectivity index (χ3v) is 4.13. The van der Waals surface area contributed by atoms with Crippen molar-refractivity contribution in [2.75, 3.05) is 16.8 Å². The maximum absolute atomic E-state index is 11.9. The highest BCUT2D eigenvalue weighted by atomic mass is 35.5. The van der Waals surface area contributed by atoms with E-state index in [1.807, 2.05) is 12.1 Å². The van der Waals surface area contributed by atoms with E-state index in [9.17, 15) is 4.79 Å². The minimum absolute atomic E-state index is 0.146. The van der Waals surface area contributed by atoms with Crippen LogP contribution in [-0.4, -0.2) is 16.6 Å². The van der Waals surface area contributed by atoms with Gasteiger partial charge in [-0.2, -0.15) is 0 Å². The number of benzene rings is 1. The number of carbonyl (C=O) groups is 1. The highest BCUT2D eigenvalue weighted by molar-refractivity contribution is 7.99. The molecule has 0 saturated heterocycles. The molecule has 3 N–H and O–H groups in total. The smallest absolute Gasteiger partial charge is 0.225 e. The number of nitrogens with zero attached hydrogens (tertiary/aromatic N) is 1. The fraction of sp³-hybridized carbons (Fsp3) is 0.143. The maximum Gasteiger partial charge on any atom is 0.225 e. The van der Waals surface area contributed by atoms with Crippen molar-refractivity contribution in [2.24, 2.45) is 0 Å². The summed E-state index contributed by atoms with van der Waals surface area (Å²) in [5.74, 6) is 0.508. The summed E-state index contributed by atoms with van der Waals surface area (Å²) in [6.07, 6.45) is 3.79. The van der Waals surface area contributed by atoms with Crippen molar-refractivity contribution in [1.29, 1.82) is 0 Å². The molecule has 1 aromatic carbocycles. The molecule has 0 bridgehead atoms. The van der Waals surface area contributed by atoms with Crippen molar-refractivity contribution < 1.29 is 4.79 Å². The molecule has 0 aliphatic heterocycles. The van der Waals surface area contributed by atoms with Crippen LogP contribution in [0.1, 0.15) is 6.42 Å². The van der Waals surface area contributed by atoms with Crippen molar-refractivity contribution in [3.05, 3.63) is 46.7 Å². The van der Waals surface area contributed by atoms with Gasteiger partial charge in [0.2, 0.25) is 5.91 Å². The fourth-order valence-electron chi connectivity index (χ4n) is 1.62. The Morgan fingerprint density at radius 3 is 2.67 bits per heavy atom. The number of nitrogen functional groups attached to an aromatic ring is 1. The maximum atomic E-state index is 11.9. The number of carbonyl (C=O) groups excluding carboxylic acids is 1. The lowest BCUT2D eigenvalue weighted by Gasteiger charge is -2.10. The summed E-state index contributed by atoms with van der Waals surface area (Å²) in [4.78, 5) is 16.9. The first kappa shape index (κ1) is 15.9. The van der Waals surface area contributed by atoms with E-state index < -0.39 is 0 Å². The number of thioether (sulfide) groups is 1.